The summed E-state index contributed by atoms with van der Waals surface area (Å²) in [5, 5.41) is 3.44. The first kappa shape index (κ1) is 15.5. The Kier molecular flexibility index (Phi) is 5.24. The normalized spacial score (nSPS) is 25.8. The SMILES string of the molecule is CC[C@@H]1COCCN1c1ccc2c(n1)[C@@H](C)CNC2.Cl. The van der Waals surface area contributed by atoms with Crippen LogP contribution in [0.25, 0.3) is 0 Å². The number of nitrogens with zero attached hydrogens (tertiary/aromatic N) is 2. The number of ether oxygens (including phenoxy) is 1. The molecule has 1 N–H and O–H groups in total. The molecule has 2 aliphatic heterocycles. The van der Waals surface area contributed by atoms with Crippen molar-refractivity contribution in [3.8, 4) is 0 Å². The minimum atomic E-state index is 0. The number of nitrogens with one attached hydrogen (secondary N) is 1. The van der Waals surface area contributed by atoms with Gasteiger partial charge in [-0.05, 0) is 18.1 Å². The molecule has 0 unspecified atom stereocenters. The van der Waals surface area contributed by atoms with Crippen molar-refractivity contribution in [3.63, 3.8) is 0 Å². The molecule has 1 aromatic heterocycles. The van der Waals surface area contributed by atoms with Crippen LogP contribution < -0.4 is 10.2 Å². The Morgan fingerprint density at radius 1 is 1.45 bits per heavy atom. The highest BCUT2D eigenvalue weighted by molar-refractivity contribution is 5.85. The van der Waals surface area contributed by atoms with Gasteiger partial charge in [-0.3, -0.25) is 0 Å². The van der Waals surface area contributed by atoms with Crippen molar-refractivity contribution < 1.29 is 4.74 Å². The molecular weight excluding hydrogens is 274 g/mol. The fourth-order valence-corrected chi connectivity index (χ4v) is 3.04. The first-order valence-corrected chi connectivity index (χ1v) is 7.34. The molecular formula is C15H24ClN3O. The standard InChI is InChI=1S/C15H23N3O.ClH/c1-3-13-10-19-7-6-18(13)14-5-4-12-9-16-8-11(2)15(12)17-14;/h4-5,11,13,16H,3,6-10H2,1-2H3;1H/t11-,13+;/m0./s1. The third-order valence-electron chi connectivity index (χ3n) is 4.22. The lowest BCUT2D eigenvalue weighted by Gasteiger charge is -2.37. The van der Waals surface area contributed by atoms with Crippen LogP contribution in [-0.2, 0) is 11.3 Å². The molecule has 4 nitrogen and oxygen atoms in total. The molecule has 2 aliphatic rings. The lowest BCUT2D eigenvalue weighted by Crippen LogP contribution is -2.45. The van der Waals surface area contributed by atoms with E-state index < -0.39 is 0 Å². The van der Waals surface area contributed by atoms with Gasteiger partial charge in [-0.2, -0.15) is 0 Å². The Hall–Kier alpha value is -0.840. The van der Waals surface area contributed by atoms with Gasteiger partial charge in [0.2, 0.25) is 0 Å². The van der Waals surface area contributed by atoms with E-state index in [0.717, 1.165) is 45.1 Å². The molecule has 20 heavy (non-hydrogen) atoms. The molecule has 1 aromatic rings. The van der Waals surface area contributed by atoms with E-state index >= 15 is 0 Å². The third kappa shape index (κ3) is 2.92. The minimum absolute atomic E-state index is 0. The molecule has 0 aliphatic carbocycles. The van der Waals surface area contributed by atoms with Gasteiger partial charge in [0, 0.05) is 25.6 Å². The van der Waals surface area contributed by atoms with Crippen molar-refractivity contribution in [1.82, 2.24) is 10.3 Å². The Balaban J connectivity index is 0.00000147. The number of aromatic nitrogens is 1. The maximum Gasteiger partial charge on any atom is 0.129 e. The van der Waals surface area contributed by atoms with Crippen LogP contribution in [0, 0.1) is 0 Å². The Morgan fingerprint density at radius 3 is 3.10 bits per heavy atom. The van der Waals surface area contributed by atoms with Gasteiger partial charge < -0.3 is 15.0 Å². The van der Waals surface area contributed by atoms with Crippen molar-refractivity contribution >= 4 is 18.2 Å². The maximum absolute atomic E-state index is 5.58. The molecule has 3 rings (SSSR count). The van der Waals surface area contributed by atoms with E-state index in [9.17, 15) is 0 Å². The number of fused-ring (bicyclic) bond motifs is 1. The molecule has 1 fully saturated rings. The van der Waals surface area contributed by atoms with Crippen molar-refractivity contribution in [3.05, 3.63) is 23.4 Å². The molecule has 0 saturated carbocycles. The summed E-state index contributed by atoms with van der Waals surface area (Å²) < 4.78 is 5.58. The lowest BCUT2D eigenvalue weighted by molar-refractivity contribution is 0.0925. The average Bonchev–Trinajstić information content (AvgIpc) is 2.47. The fraction of sp³-hybridized carbons (Fsp3) is 0.667. The van der Waals surface area contributed by atoms with Crippen molar-refractivity contribution in [2.24, 2.45) is 0 Å². The average molecular weight is 298 g/mol. The quantitative estimate of drug-likeness (QED) is 0.909. The highest BCUT2D eigenvalue weighted by atomic mass is 35.5. The zero-order chi connectivity index (χ0) is 13.2. The largest absolute Gasteiger partial charge is 0.377 e. The molecule has 1 saturated heterocycles. The zero-order valence-electron chi connectivity index (χ0n) is 12.3. The van der Waals surface area contributed by atoms with Crippen LogP contribution in [0.1, 0.15) is 37.4 Å². The second-order valence-electron chi connectivity index (χ2n) is 5.58. The predicted octanol–water partition coefficient (Wildman–Crippen LogP) is 2.33. The number of morpholine rings is 1. The Morgan fingerprint density at radius 2 is 2.30 bits per heavy atom. The molecule has 112 valence electrons. The van der Waals surface area contributed by atoms with Gasteiger partial charge in [0.1, 0.15) is 5.82 Å². The second kappa shape index (κ2) is 6.74. The summed E-state index contributed by atoms with van der Waals surface area (Å²) in [7, 11) is 0. The van der Waals surface area contributed by atoms with E-state index in [1.165, 1.54) is 11.3 Å². The highest BCUT2D eigenvalue weighted by Gasteiger charge is 2.25. The predicted molar refractivity (Wildman–Crippen MR) is 83.9 cm³/mol. The summed E-state index contributed by atoms with van der Waals surface area (Å²) in [6.07, 6.45) is 1.11. The maximum atomic E-state index is 5.58. The number of halogens is 1. The van der Waals surface area contributed by atoms with Gasteiger partial charge in [-0.25, -0.2) is 4.98 Å². The Labute approximate surface area is 127 Å². The Bertz CT molecular complexity index is 455. The van der Waals surface area contributed by atoms with Gasteiger partial charge in [0.15, 0.2) is 0 Å². The van der Waals surface area contributed by atoms with Crippen LogP contribution in [0.5, 0.6) is 0 Å². The van der Waals surface area contributed by atoms with E-state index in [-0.39, 0.29) is 12.4 Å². The smallest absolute Gasteiger partial charge is 0.129 e. The molecule has 0 spiro atoms. The lowest BCUT2D eigenvalue weighted by atomic mass is 9.98. The van der Waals surface area contributed by atoms with E-state index in [1.807, 2.05) is 0 Å². The molecule has 0 radical (unpaired) electrons. The zero-order valence-corrected chi connectivity index (χ0v) is 13.1. The van der Waals surface area contributed by atoms with E-state index in [1.54, 1.807) is 0 Å². The number of hydrogen-bond donors (Lipinski definition) is 1. The summed E-state index contributed by atoms with van der Waals surface area (Å²) in [5.74, 6) is 1.63. The third-order valence-corrected chi connectivity index (χ3v) is 4.22. The molecule has 0 aromatic carbocycles. The van der Waals surface area contributed by atoms with Gasteiger partial charge in [0.05, 0.1) is 24.9 Å². The summed E-state index contributed by atoms with van der Waals surface area (Å²) in [6.45, 7) is 9.04. The van der Waals surface area contributed by atoms with Crippen molar-refractivity contribution in [1.29, 1.82) is 0 Å². The van der Waals surface area contributed by atoms with Crippen LogP contribution in [0.4, 0.5) is 5.82 Å². The van der Waals surface area contributed by atoms with Crippen LogP contribution in [-0.4, -0.2) is 37.3 Å². The van der Waals surface area contributed by atoms with E-state index in [0.29, 0.717) is 12.0 Å². The summed E-state index contributed by atoms with van der Waals surface area (Å²) in [5.41, 5.74) is 2.63. The molecule has 5 heteroatoms. The van der Waals surface area contributed by atoms with Gasteiger partial charge >= 0.3 is 0 Å². The minimum Gasteiger partial charge on any atom is -0.377 e. The fourth-order valence-electron chi connectivity index (χ4n) is 3.04. The monoisotopic (exact) mass is 297 g/mol. The van der Waals surface area contributed by atoms with Gasteiger partial charge in [-0.1, -0.05) is 19.9 Å². The molecule has 2 atom stereocenters. The number of rotatable bonds is 2. The first-order valence-electron chi connectivity index (χ1n) is 7.34. The van der Waals surface area contributed by atoms with Crippen LogP contribution in [0.2, 0.25) is 0 Å². The van der Waals surface area contributed by atoms with Crippen LogP contribution >= 0.6 is 12.4 Å². The number of hydrogen-bond acceptors (Lipinski definition) is 4. The summed E-state index contributed by atoms with van der Waals surface area (Å²) >= 11 is 0. The highest BCUT2D eigenvalue weighted by Crippen LogP contribution is 2.26. The van der Waals surface area contributed by atoms with Gasteiger partial charge in [-0.15, -0.1) is 12.4 Å². The summed E-state index contributed by atoms with van der Waals surface area (Å²) in [6, 6.07) is 4.88. The molecule has 0 amide bonds. The van der Waals surface area contributed by atoms with Crippen LogP contribution in [0.15, 0.2) is 12.1 Å². The van der Waals surface area contributed by atoms with Gasteiger partial charge in [0.25, 0.3) is 0 Å². The summed E-state index contributed by atoms with van der Waals surface area (Å²) in [4.78, 5) is 7.36. The van der Waals surface area contributed by atoms with E-state index in [2.05, 4.69) is 36.2 Å². The van der Waals surface area contributed by atoms with Crippen molar-refractivity contribution in [2.45, 2.75) is 38.8 Å². The van der Waals surface area contributed by atoms with Crippen LogP contribution in [0.3, 0.4) is 0 Å². The molecule has 3 heterocycles. The van der Waals surface area contributed by atoms with E-state index in [4.69, 9.17) is 9.72 Å². The topological polar surface area (TPSA) is 37.4 Å². The number of pyridine rings is 1. The first-order chi connectivity index (χ1) is 9.29. The molecule has 0 bridgehead atoms. The van der Waals surface area contributed by atoms with Crippen molar-refractivity contribution in [2.75, 3.05) is 31.2 Å². The number of anilines is 1. The second-order valence-corrected chi connectivity index (χ2v) is 5.58.